The second-order valence-electron chi connectivity index (χ2n) is 7.01. The molecule has 2 atom stereocenters. The predicted octanol–water partition coefficient (Wildman–Crippen LogP) is 3.37. The number of aliphatic hydroxyl groups is 2. The number of hydrogen-bond donors (Lipinski definition) is 4. The number of benzene rings is 2. The minimum absolute atomic E-state index is 0.0422. The highest BCUT2D eigenvalue weighted by molar-refractivity contribution is 7.85. The van der Waals surface area contributed by atoms with Gasteiger partial charge < -0.3 is 10.2 Å². The van der Waals surface area contributed by atoms with E-state index in [9.17, 15) is 47.3 Å². The molecule has 2 aromatic rings. The highest BCUT2D eigenvalue weighted by atomic mass is 35.5. The molecule has 0 aliphatic rings. The molecule has 0 amide bonds. The van der Waals surface area contributed by atoms with E-state index in [4.69, 9.17) is 32.3 Å². The molecular formula is C18H22Cl2N2O12S2. The molecule has 14 nitrogen and oxygen atoms in total. The van der Waals surface area contributed by atoms with E-state index in [1.807, 2.05) is 0 Å². The summed E-state index contributed by atoms with van der Waals surface area (Å²) in [7, 11) is -7.33. The molecule has 0 saturated carbocycles. The Labute approximate surface area is 215 Å². The van der Waals surface area contributed by atoms with Gasteiger partial charge in [-0.3, -0.25) is 29.3 Å². The van der Waals surface area contributed by atoms with Gasteiger partial charge >= 0.3 is 0 Å². The SMILES string of the molecule is CS(=O)(=O)O.CS(=O)(=O)O.O=[N+]([O-])c1cc([C@H](O)CC[C@@H](O)c2ccc(Cl)c([N+](=O)[O-])c2)ccc1Cl. The summed E-state index contributed by atoms with van der Waals surface area (Å²) in [5.74, 6) is 0. The fourth-order valence-corrected chi connectivity index (χ4v) is 2.78. The van der Waals surface area contributed by atoms with Gasteiger partial charge in [-0.2, -0.15) is 16.8 Å². The molecule has 2 aromatic carbocycles. The van der Waals surface area contributed by atoms with Crippen molar-refractivity contribution >= 4 is 54.8 Å². The summed E-state index contributed by atoms with van der Waals surface area (Å²) in [5.41, 5.74) is -0.0695. The minimum Gasteiger partial charge on any atom is -0.388 e. The molecule has 0 unspecified atom stereocenters. The zero-order chi connectivity index (χ0) is 28.4. The average Bonchev–Trinajstić information content (AvgIpc) is 2.69. The van der Waals surface area contributed by atoms with Crippen LogP contribution in [0, 0.1) is 20.2 Å². The Morgan fingerprint density at radius 2 is 1.00 bits per heavy atom. The van der Waals surface area contributed by atoms with Crippen LogP contribution in [0.15, 0.2) is 36.4 Å². The Kier molecular flexibility index (Phi) is 13.4. The largest absolute Gasteiger partial charge is 0.388 e. The maximum atomic E-state index is 10.9. The lowest BCUT2D eigenvalue weighted by atomic mass is 9.98. The van der Waals surface area contributed by atoms with Gasteiger partial charge in [0.15, 0.2) is 0 Å². The van der Waals surface area contributed by atoms with Crippen LogP contribution in [0.4, 0.5) is 11.4 Å². The number of nitro groups is 2. The van der Waals surface area contributed by atoms with Crippen LogP contribution in [0.2, 0.25) is 10.0 Å². The summed E-state index contributed by atoms with van der Waals surface area (Å²) in [6.45, 7) is 0. The first-order valence-corrected chi connectivity index (χ1v) is 13.7. The molecule has 0 fully saturated rings. The van der Waals surface area contributed by atoms with Crippen molar-refractivity contribution < 1.29 is 46.0 Å². The fraction of sp³-hybridized carbons (Fsp3) is 0.333. The number of hydrogen-bond acceptors (Lipinski definition) is 10. The van der Waals surface area contributed by atoms with E-state index < -0.39 is 42.3 Å². The first-order chi connectivity index (χ1) is 16.2. The first kappa shape index (κ1) is 33.6. The van der Waals surface area contributed by atoms with E-state index in [0.29, 0.717) is 12.5 Å². The summed E-state index contributed by atoms with van der Waals surface area (Å²) in [4.78, 5) is 20.5. The van der Waals surface area contributed by atoms with Crippen molar-refractivity contribution in [3.63, 3.8) is 0 Å². The van der Waals surface area contributed by atoms with Gasteiger partial charge in [0, 0.05) is 12.1 Å². The lowest BCUT2D eigenvalue weighted by Crippen LogP contribution is -2.04. The van der Waals surface area contributed by atoms with Crippen LogP contribution >= 0.6 is 23.2 Å². The fourth-order valence-electron chi connectivity index (χ4n) is 2.40. The third-order valence-electron chi connectivity index (χ3n) is 3.82. The zero-order valence-corrected chi connectivity index (χ0v) is 21.7. The Hall–Kier alpha value is -2.44. The summed E-state index contributed by atoms with van der Waals surface area (Å²) < 4.78 is 51.7. The Morgan fingerprint density at radius 3 is 1.22 bits per heavy atom. The Bertz CT molecular complexity index is 1170. The Morgan fingerprint density at radius 1 is 0.750 bits per heavy atom. The number of rotatable bonds is 7. The molecule has 0 aliphatic heterocycles. The van der Waals surface area contributed by atoms with Crippen molar-refractivity contribution in [2.45, 2.75) is 25.0 Å². The van der Waals surface area contributed by atoms with Gasteiger partial charge in [0.2, 0.25) is 0 Å². The number of halogens is 2. The van der Waals surface area contributed by atoms with E-state index in [1.165, 1.54) is 36.4 Å². The van der Waals surface area contributed by atoms with Crippen LogP contribution < -0.4 is 0 Å². The molecule has 202 valence electrons. The summed E-state index contributed by atoms with van der Waals surface area (Å²) >= 11 is 11.5. The number of aliphatic hydroxyl groups excluding tert-OH is 2. The van der Waals surface area contributed by atoms with Crippen LogP contribution in [0.3, 0.4) is 0 Å². The monoisotopic (exact) mass is 592 g/mol. The van der Waals surface area contributed by atoms with Crippen molar-refractivity contribution in [2.24, 2.45) is 0 Å². The van der Waals surface area contributed by atoms with Crippen molar-refractivity contribution in [2.75, 3.05) is 12.5 Å². The van der Waals surface area contributed by atoms with Crippen LogP contribution in [0.25, 0.3) is 0 Å². The molecule has 18 heteroatoms. The highest BCUT2D eigenvalue weighted by Gasteiger charge is 2.20. The minimum atomic E-state index is -3.67. The average molecular weight is 593 g/mol. The molecule has 2 rings (SSSR count). The predicted molar refractivity (Wildman–Crippen MR) is 130 cm³/mol. The van der Waals surface area contributed by atoms with Gasteiger partial charge in [0.05, 0.1) is 34.6 Å². The van der Waals surface area contributed by atoms with E-state index in [-0.39, 0.29) is 45.4 Å². The van der Waals surface area contributed by atoms with E-state index in [1.54, 1.807) is 0 Å². The lowest BCUT2D eigenvalue weighted by molar-refractivity contribution is -0.385. The van der Waals surface area contributed by atoms with Gasteiger partial charge in [-0.15, -0.1) is 0 Å². The molecule has 0 spiro atoms. The number of nitrogens with zero attached hydrogens (tertiary/aromatic N) is 2. The molecule has 4 N–H and O–H groups in total. The standard InChI is InChI=1S/C16H14Cl2N2O6.2CH4O3S/c17-11-3-1-9(7-13(11)19(23)24)15(21)5-6-16(22)10-2-4-12(18)14(8-10)20(25)26;2*1-5(2,3)4/h1-4,7-8,15-16,21-22H,5-6H2;2*1H3,(H,2,3,4)/t15-,16-;;/m1../s1. The first-order valence-electron chi connectivity index (χ1n) is 9.29. The van der Waals surface area contributed by atoms with E-state index in [0.717, 1.165) is 0 Å². The van der Waals surface area contributed by atoms with E-state index in [2.05, 4.69) is 0 Å². The summed E-state index contributed by atoms with van der Waals surface area (Å²) in [6, 6.07) is 7.90. The van der Waals surface area contributed by atoms with Crippen molar-refractivity contribution in [3.05, 3.63) is 77.8 Å². The van der Waals surface area contributed by atoms with Gasteiger partial charge in [-0.25, -0.2) is 0 Å². The molecule has 0 bridgehead atoms. The smallest absolute Gasteiger partial charge is 0.288 e. The van der Waals surface area contributed by atoms with Gasteiger partial charge in [0.1, 0.15) is 10.0 Å². The second-order valence-corrected chi connectivity index (χ2v) is 10.8. The van der Waals surface area contributed by atoms with Crippen LogP contribution in [-0.4, -0.2) is 58.5 Å². The van der Waals surface area contributed by atoms with Gasteiger partial charge in [-0.05, 0) is 36.1 Å². The molecule has 0 heterocycles. The Balaban J connectivity index is 0.00000104. The van der Waals surface area contributed by atoms with Crippen molar-refractivity contribution in [3.8, 4) is 0 Å². The topological polar surface area (TPSA) is 235 Å². The third-order valence-corrected chi connectivity index (χ3v) is 4.46. The van der Waals surface area contributed by atoms with Crippen LogP contribution in [0.5, 0.6) is 0 Å². The quantitative estimate of drug-likeness (QED) is 0.205. The van der Waals surface area contributed by atoms with Gasteiger partial charge in [0.25, 0.3) is 31.6 Å². The lowest BCUT2D eigenvalue weighted by Gasteiger charge is -2.15. The summed E-state index contributed by atoms with van der Waals surface area (Å²) in [6.07, 6.45) is -0.543. The molecule has 36 heavy (non-hydrogen) atoms. The second kappa shape index (κ2) is 14.3. The number of nitro benzene ring substituents is 2. The van der Waals surface area contributed by atoms with E-state index >= 15 is 0 Å². The molecule has 0 saturated heterocycles. The summed E-state index contributed by atoms with van der Waals surface area (Å²) in [5, 5.41) is 42.1. The molecule has 0 radical (unpaired) electrons. The van der Waals surface area contributed by atoms with Crippen LogP contribution in [0.1, 0.15) is 36.2 Å². The normalized spacial score (nSPS) is 12.8. The highest BCUT2D eigenvalue weighted by Crippen LogP contribution is 2.32. The molecule has 0 aromatic heterocycles. The molecular weight excluding hydrogens is 571 g/mol. The maximum absolute atomic E-state index is 10.9. The van der Waals surface area contributed by atoms with Crippen LogP contribution in [-0.2, 0) is 20.2 Å². The maximum Gasteiger partial charge on any atom is 0.288 e. The zero-order valence-electron chi connectivity index (χ0n) is 18.6. The van der Waals surface area contributed by atoms with Crippen molar-refractivity contribution in [1.82, 2.24) is 0 Å². The molecule has 0 aliphatic carbocycles. The van der Waals surface area contributed by atoms with Crippen molar-refractivity contribution in [1.29, 1.82) is 0 Å². The van der Waals surface area contributed by atoms with Gasteiger partial charge in [-0.1, -0.05) is 35.3 Å². The third kappa shape index (κ3) is 14.8.